The van der Waals surface area contributed by atoms with Gasteiger partial charge in [-0.1, -0.05) is 12.1 Å². The number of aryl methyl sites for hydroxylation is 2. The summed E-state index contributed by atoms with van der Waals surface area (Å²) < 4.78 is 33.8. The average molecular weight is 567 g/mol. The fourth-order valence-electron chi connectivity index (χ4n) is 5.99. The van der Waals surface area contributed by atoms with E-state index < -0.39 is 11.9 Å². The Morgan fingerprint density at radius 2 is 2.05 bits per heavy atom. The number of pyridine rings is 1. The Hall–Kier alpha value is -3.50. The van der Waals surface area contributed by atoms with Crippen LogP contribution in [0, 0.1) is 5.82 Å². The zero-order valence-corrected chi connectivity index (χ0v) is 23.8. The van der Waals surface area contributed by atoms with E-state index in [0.29, 0.717) is 69.2 Å². The molecular formula is C31H39FN4O5. The molecule has 2 aliphatic heterocycles. The molecule has 1 fully saturated rings. The number of nitrogens with one attached hydrogen (secondary N) is 1. The molecule has 0 saturated carbocycles. The van der Waals surface area contributed by atoms with Gasteiger partial charge in [0.1, 0.15) is 11.6 Å². The van der Waals surface area contributed by atoms with E-state index in [1.165, 1.54) is 11.6 Å². The number of ether oxygens (including phenoxy) is 3. The van der Waals surface area contributed by atoms with Crippen LogP contribution in [0.25, 0.3) is 0 Å². The quantitative estimate of drug-likeness (QED) is 0.332. The second-order valence-corrected chi connectivity index (χ2v) is 11.1. The van der Waals surface area contributed by atoms with Crippen LogP contribution in [0.3, 0.4) is 0 Å². The minimum absolute atomic E-state index is 0.145. The molecule has 2 N–H and O–H groups in total. The fraction of sp³-hybridized carbons (Fsp3) is 0.516. The van der Waals surface area contributed by atoms with Crippen LogP contribution >= 0.6 is 0 Å². The van der Waals surface area contributed by atoms with Crippen LogP contribution in [0.15, 0.2) is 36.4 Å². The van der Waals surface area contributed by atoms with Crippen LogP contribution in [0.1, 0.15) is 59.7 Å². The number of carboxylic acids is 1. The minimum Gasteiger partial charge on any atom is -0.481 e. The van der Waals surface area contributed by atoms with Crippen molar-refractivity contribution >= 4 is 11.8 Å². The van der Waals surface area contributed by atoms with E-state index in [-0.39, 0.29) is 17.7 Å². The Morgan fingerprint density at radius 1 is 1.22 bits per heavy atom. The number of hydrogen-bond acceptors (Lipinski definition) is 7. The van der Waals surface area contributed by atoms with Gasteiger partial charge in [0.15, 0.2) is 0 Å². The topological polar surface area (TPSA) is 108 Å². The van der Waals surface area contributed by atoms with Crippen molar-refractivity contribution in [3.63, 3.8) is 0 Å². The molecule has 0 radical (unpaired) electrons. The zero-order chi connectivity index (χ0) is 28.8. The summed E-state index contributed by atoms with van der Waals surface area (Å²) in [4.78, 5) is 16.6. The SMILES string of the molecule is COCC1(c2cc(F)cc(C(CC(=O)O)Cc3cc(OCCc4ccc5c(n4)NCCC5)n(C)n3)c2)CCOCC1. The van der Waals surface area contributed by atoms with Gasteiger partial charge in [0.2, 0.25) is 5.88 Å². The number of hydrogen-bond donors (Lipinski definition) is 2. The van der Waals surface area contributed by atoms with E-state index in [1.54, 1.807) is 24.9 Å². The first-order valence-electron chi connectivity index (χ1n) is 14.3. The normalized spacial score (nSPS) is 17.0. The first kappa shape index (κ1) is 29.0. The summed E-state index contributed by atoms with van der Waals surface area (Å²) in [6.07, 6.45) is 4.44. The number of carbonyl (C=O) groups is 1. The van der Waals surface area contributed by atoms with Crippen molar-refractivity contribution in [2.75, 3.05) is 45.4 Å². The first-order chi connectivity index (χ1) is 19.8. The van der Waals surface area contributed by atoms with Crippen LogP contribution in [0.5, 0.6) is 5.88 Å². The number of rotatable bonds is 12. The average Bonchev–Trinajstić information content (AvgIpc) is 3.31. The predicted molar refractivity (Wildman–Crippen MR) is 152 cm³/mol. The summed E-state index contributed by atoms with van der Waals surface area (Å²) in [6.45, 7) is 2.97. The van der Waals surface area contributed by atoms with Gasteiger partial charge in [0.05, 0.1) is 25.3 Å². The van der Waals surface area contributed by atoms with Crippen LogP contribution in [0.2, 0.25) is 0 Å². The number of anilines is 1. The highest BCUT2D eigenvalue weighted by atomic mass is 19.1. The van der Waals surface area contributed by atoms with Crippen molar-refractivity contribution in [3.8, 4) is 5.88 Å². The van der Waals surface area contributed by atoms with Crippen LogP contribution in [-0.2, 0) is 46.0 Å². The highest BCUT2D eigenvalue weighted by molar-refractivity contribution is 5.68. The van der Waals surface area contributed by atoms with Gasteiger partial charge < -0.3 is 24.6 Å². The molecule has 2 aromatic heterocycles. The smallest absolute Gasteiger partial charge is 0.303 e. The lowest BCUT2D eigenvalue weighted by Gasteiger charge is -2.37. The molecule has 1 atom stereocenters. The zero-order valence-electron chi connectivity index (χ0n) is 23.8. The van der Waals surface area contributed by atoms with Crippen molar-refractivity contribution in [2.45, 2.75) is 56.3 Å². The number of halogens is 1. The van der Waals surface area contributed by atoms with Gasteiger partial charge in [0.25, 0.3) is 0 Å². The minimum atomic E-state index is -0.946. The lowest BCUT2D eigenvalue weighted by atomic mass is 9.73. The third kappa shape index (κ3) is 7.05. The molecule has 1 saturated heterocycles. The molecule has 1 aromatic carbocycles. The van der Waals surface area contributed by atoms with Gasteiger partial charge in [-0.3, -0.25) is 4.79 Å². The standard InChI is InChI=1S/C31H39FN4O5/c1-36-28(41-11-7-26-6-5-21-4-3-10-33-30(21)34-26)19-27(35-36)16-23(17-29(37)38)22-14-24(18-25(32)15-22)31(20-39-2)8-12-40-13-9-31/h5-6,14-15,18-19,23H,3-4,7-13,16-17,20H2,1-2H3,(H,33,34)(H,37,38). The molecule has 0 amide bonds. The van der Waals surface area contributed by atoms with Crippen molar-refractivity contribution in [3.05, 3.63) is 70.3 Å². The molecule has 41 heavy (non-hydrogen) atoms. The third-order valence-corrected chi connectivity index (χ3v) is 8.20. The molecule has 220 valence electrons. The highest BCUT2D eigenvalue weighted by Crippen LogP contribution is 2.38. The molecule has 1 unspecified atom stereocenters. The van der Waals surface area contributed by atoms with E-state index >= 15 is 4.39 Å². The predicted octanol–water partition coefficient (Wildman–Crippen LogP) is 4.43. The lowest BCUT2D eigenvalue weighted by Crippen LogP contribution is -2.38. The highest BCUT2D eigenvalue weighted by Gasteiger charge is 2.36. The summed E-state index contributed by atoms with van der Waals surface area (Å²) in [5.74, 6) is -0.238. The van der Waals surface area contributed by atoms with E-state index in [2.05, 4.69) is 16.5 Å². The summed E-state index contributed by atoms with van der Waals surface area (Å²) in [7, 11) is 3.44. The Kier molecular flexibility index (Phi) is 9.19. The van der Waals surface area contributed by atoms with Gasteiger partial charge in [-0.2, -0.15) is 5.10 Å². The summed E-state index contributed by atoms with van der Waals surface area (Å²) in [5, 5.41) is 17.7. The Balaban J connectivity index is 1.30. The van der Waals surface area contributed by atoms with Crippen molar-refractivity contribution in [1.29, 1.82) is 0 Å². The third-order valence-electron chi connectivity index (χ3n) is 8.20. The van der Waals surface area contributed by atoms with E-state index in [0.717, 1.165) is 36.5 Å². The molecule has 0 aliphatic carbocycles. The monoisotopic (exact) mass is 566 g/mol. The number of aliphatic carboxylic acids is 1. The fourth-order valence-corrected chi connectivity index (χ4v) is 5.99. The number of carboxylic acid groups (broad SMARTS) is 1. The number of aromatic nitrogens is 3. The summed E-state index contributed by atoms with van der Waals surface area (Å²) in [6, 6.07) is 10.9. The van der Waals surface area contributed by atoms with Crippen molar-refractivity contribution in [2.24, 2.45) is 7.05 Å². The molecule has 4 heterocycles. The van der Waals surface area contributed by atoms with Gasteiger partial charge in [0, 0.05) is 63.4 Å². The Morgan fingerprint density at radius 3 is 2.83 bits per heavy atom. The molecule has 9 nitrogen and oxygen atoms in total. The Bertz CT molecular complexity index is 1350. The second-order valence-electron chi connectivity index (χ2n) is 11.1. The molecule has 2 aliphatic rings. The molecule has 0 spiro atoms. The largest absolute Gasteiger partial charge is 0.481 e. The van der Waals surface area contributed by atoms with Crippen LogP contribution < -0.4 is 10.1 Å². The maximum atomic E-state index is 15.0. The first-order valence-corrected chi connectivity index (χ1v) is 14.3. The van der Waals surface area contributed by atoms with Gasteiger partial charge >= 0.3 is 5.97 Å². The van der Waals surface area contributed by atoms with Crippen LogP contribution in [-0.4, -0.2) is 65.9 Å². The van der Waals surface area contributed by atoms with E-state index in [9.17, 15) is 9.90 Å². The molecule has 10 heteroatoms. The summed E-state index contributed by atoms with van der Waals surface area (Å²) >= 11 is 0. The Labute approximate surface area is 240 Å². The van der Waals surface area contributed by atoms with E-state index in [1.807, 2.05) is 18.2 Å². The number of fused-ring (bicyclic) bond motifs is 1. The number of nitrogens with zero attached hydrogens (tertiary/aromatic N) is 3. The van der Waals surface area contributed by atoms with Crippen molar-refractivity contribution < 1.29 is 28.5 Å². The van der Waals surface area contributed by atoms with Gasteiger partial charge in [-0.15, -0.1) is 0 Å². The maximum absolute atomic E-state index is 15.0. The number of methoxy groups -OCH3 is 1. The van der Waals surface area contributed by atoms with Crippen LogP contribution in [0.4, 0.5) is 10.2 Å². The molecule has 3 aromatic rings. The molecule has 5 rings (SSSR count). The summed E-state index contributed by atoms with van der Waals surface area (Å²) in [5.41, 5.74) is 3.99. The number of benzene rings is 1. The van der Waals surface area contributed by atoms with Gasteiger partial charge in [-0.25, -0.2) is 14.1 Å². The van der Waals surface area contributed by atoms with Gasteiger partial charge in [-0.05, 0) is 67.0 Å². The molecule has 0 bridgehead atoms. The molecular weight excluding hydrogens is 527 g/mol. The van der Waals surface area contributed by atoms with E-state index in [4.69, 9.17) is 19.2 Å². The lowest BCUT2D eigenvalue weighted by molar-refractivity contribution is -0.137. The second kappa shape index (κ2) is 13.0. The van der Waals surface area contributed by atoms with Crippen molar-refractivity contribution in [1.82, 2.24) is 14.8 Å². The maximum Gasteiger partial charge on any atom is 0.303 e.